The van der Waals surface area contributed by atoms with Crippen LogP contribution in [0.1, 0.15) is 29.3 Å². The molecule has 0 saturated carbocycles. The van der Waals surface area contributed by atoms with Crippen LogP contribution >= 0.6 is 0 Å². The number of anilines is 1. The van der Waals surface area contributed by atoms with Gasteiger partial charge in [0.05, 0.1) is 19.3 Å². The van der Waals surface area contributed by atoms with Crippen molar-refractivity contribution in [2.24, 2.45) is 0 Å². The fourth-order valence-corrected chi connectivity index (χ4v) is 1.41. The minimum atomic E-state index is -0.535. The molecule has 19 heavy (non-hydrogen) atoms. The van der Waals surface area contributed by atoms with E-state index in [1.54, 1.807) is 18.2 Å². The molecule has 0 saturated heterocycles. The van der Waals surface area contributed by atoms with Gasteiger partial charge in [0.2, 0.25) is 0 Å². The number of nitrogens with two attached hydrogens (primary N) is 1. The van der Waals surface area contributed by atoms with Gasteiger partial charge >= 0.3 is 12.1 Å². The van der Waals surface area contributed by atoms with Crippen LogP contribution in [0.4, 0.5) is 10.5 Å². The fraction of sp³-hybridized carbons (Fsp3) is 0.385. The van der Waals surface area contributed by atoms with E-state index in [0.29, 0.717) is 17.9 Å². The number of methoxy groups -OCH3 is 1. The quantitative estimate of drug-likeness (QED) is 0.625. The number of esters is 1. The molecule has 1 aromatic carbocycles. The van der Waals surface area contributed by atoms with Crippen LogP contribution < -0.4 is 11.1 Å². The van der Waals surface area contributed by atoms with Crippen LogP contribution in [0.25, 0.3) is 0 Å². The van der Waals surface area contributed by atoms with Gasteiger partial charge in [-0.25, -0.2) is 9.59 Å². The zero-order valence-electron chi connectivity index (χ0n) is 11.1. The maximum absolute atomic E-state index is 11.8. The number of hydrogen-bond donors (Lipinski definition) is 2. The summed E-state index contributed by atoms with van der Waals surface area (Å²) in [5.74, 6) is -0.459. The van der Waals surface area contributed by atoms with Crippen molar-refractivity contribution >= 4 is 17.7 Å². The lowest BCUT2D eigenvalue weighted by Crippen LogP contribution is -2.22. The summed E-state index contributed by atoms with van der Waals surface area (Å²) in [6, 6.07) is 4.93. The third-order valence-electron chi connectivity index (χ3n) is 2.40. The van der Waals surface area contributed by atoms with Gasteiger partial charge in [0, 0.05) is 12.2 Å². The summed E-state index contributed by atoms with van der Waals surface area (Å²) in [7, 11) is 1.28. The van der Waals surface area contributed by atoms with Crippen LogP contribution in [0.2, 0.25) is 0 Å². The molecule has 0 fully saturated rings. The van der Waals surface area contributed by atoms with E-state index < -0.39 is 12.1 Å². The predicted octanol–water partition coefficient (Wildman–Crippen LogP) is 1.69. The number of hydrogen-bond acceptors (Lipinski definition) is 5. The number of carbonyl (C=O) groups is 2. The van der Waals surface area contributed by atoms with Crippen molar-refractivity contribution in [3.05, 3.63) is 29.3 Å². The molecule has 0 aromatic heterocycles. The summed E-state index contributed by atoms with van der Waals surface area (Å²) in [5, 5.41) is 2.52. The van der Waals surface area contributed by atoms with Crippen LogP contribution in [0.3, 0.4) is 0 Å². The molecule has 0 spiro atoms. The highest BCUT2D eigenvalue weighted by Crippen LogP contribution is 2.15. The molecule has 6 heteroatoms. The summed E-state index contributed by atoms with van der Waals surface area (Å²) < 4.78 is 9.49. The van der Waals surface area contributed by atoms with Gasteiger partial charge in [-0.1, -0.05) is 13.0 Å². The van der Waals surface area contributed by atoms with E-state index in [0.717, 1.165) is 12.0 Å². The summed E-state index contributed by atoms with van der Waals surface area (Å²) in [6.07, 6.45) is 0.210. The first-order valence-electron chi connectivity index (χ1n) is 5.95. The molecule has 0 aliphatic carbocycles. The van der Waals surface area contributed by atoms with Gasteiger partial charge in [-0.2, -0.15) is 0 Å². The van der Waals surface area contributed by atoms with Crippen LogP contribution in [-0.4, -0.2) is 25.8 Å². The Morgan fingerprint density at radius 2 is 2.11 bits per heavy atom. The molecule has 3 N–H and O–H groups in total. The van der Waals surface area contributed by atoms with Crippen molar-refractivity contribution in [2.75, 3.05) is 19.5 Å². The van der Waals surface area contributed by atoms with Crippen LogP contribution in [0, 0.1) is 0 Å². The second kappa shape index (κ2) is 7.25. The molecule has 0 unspecified atom stereocenters. The minimum Gasteiger partial charge on any atom is -0.462 e. The molecule has 0 radical (unpaired) electrons. The topological polar surface area (TPSA) is 90.6 Å². The van der Waals surface area contributed by atoms with Crippen molar-refractivity contribution in [1.29, 1.82) is 0 Å². The normalized spacial score (nSPS) is 9.79. The summed E-state index contributed by atoms with van der Waals surface area (Å²) in [5.41, 5.74) is 7.12. The first kappa shape index (κ1) is 14.8. The Labute approximate surface area is 111 Å². The van der Waals surface area contributed by atoms with Gasteiger partial charge in [0.25, 0.3) is 0 Å². The number of ether oxygens (including phenoxy) is 2. The molecule has 1 aromatic rings. The van der Waals surface area contributed by atoms with E-state index in [4.69, 9.17) is 10.5 Å². The largest absolute Gasteiger partial charge is 0.462 e. The maximum Gasteiger partial charge on any atom is 0.407 e. The Bertz CT molecular complexity index is 460. The third kappa shape index (κ3) is 4.50. The molecule has 1 amide bonds. The Morgan fingerprint density at radius 3 is 2.74 bits per heavy atom. The number of alkyl carbamates (subject to hydrolysis) is 1. The van der Waals surface area contributed by atoms with Gasteiger partial charge in [0.15, 0.2) is 0 Å². The zero-order chi connectivity index (χ0) is 14.3. The average Bonchev–Trinajstić information content (AvgIpc) is 2.43. The molecule has 1 rings (SSSR count). The van der Waals surface area contributed by atoms with Crippen molar-refractivity contribution in [2.45, 2.75) is 19.9 Å². The lowest BCUT2D eigenvalue weighted by Gasteiger charge is -2.09. The smallest absolute Gasteiger partial charge is 0.407 e. The molecule has 0 heterocycles. The standard InChI is InChI=1S/C13H18N2O4/c1-3-6-19-12(16)10-7-9(4-5-11(10)14)8-15-13(17)18-2/h4-5,7H,3,6,8,14H2,1-2H3,(H,15,17). The SMILES string of the molecule is CCCOC(=O)c1cc(CNC(=O)OC)ccc1N. The summed E-state index contributed by atoms with van der Waals surface area (Å²) >= 11 is 0. The molecule has 6 nitrogen and oxygen atoms in total. The van der Waals surface area contributed by atoms with E-state index in [1.807, 2.05) is 6.92 Å². The predicted molar refractivity (Wildman–Crippen MR) is 70.7 cm³/mol. The maximum atomic E-state index is 11.8. The molecule has 0 aliphatic rings. The Morgan fingerprint density at radius 1 is 1.37 bits per heavy atom. The van der Waals surface area contributed by atoms with Gasteiger partial charge < -0.3 is 20.5 Å². The van der Waals surface area contributed by atoms with E-state index in [2.05, 4.69) is 10.1 Å². The molecular weight excluding hydrogens is 248 g/mol. The highest BCUT2D eigenvalue weighted by atomic mass is 16.5. The summed E-state index contributed by atoms with van der Waals surface area (Å²) in [6.45, 7) is 2.51. The highest BCUT2D eigenvalue weighted by molar-refractivity contribution is 5.95. The first-order valence-corrected chi connectivity index (χ1v) is 5.95. The number of amides is 1. The molecule has 0 bridgehead atoms. The van der Waals surface area contributed by atoms with Crippen molar-refractivity contribution in [3.8, 4) is 0 Å². The van der Waals surface area contributed by atoms with Crippen molar-refractivity contribution in [3.63, 3.8) is 0 Å². The van der Waals surface area contributed by atoms with E-state index in [9.17, 15) is 9.59 Å². The van der Waals surface area contributed by atoms with Gasteiger partial charge in [-0.05, 0) is 24.1 Å². The van der Waals surface area contributed by atoms with Crippen molar-refractivity contribution in [1.82, 2.24) is 5.32 Å². The number of benzene rings is 1. The van der Waals surface area contributed by atoms with E-state index in [1.165, 1.54) is 7.11 Å². The van der Waals surface area contributed by atoms with Crippen LogP contribution in [0.5, 0.6) is 0 Å². The second-order valence-corrected chi connectivity index (χ2v) is 3.90. The Hall–Kier alpha value is -2.24. The summed E-state index contributed by atoms with van der Waals surface area (Å²) in [4.78, 5) is 22.7. The van der Waals surface area contributed by atoms with Gasteiger partial charge in [-0.3, -0.25) is 0 Å². The lowest BCUT2D eigenvalue weighted by atomic mass is 10.1. The lowest BCUT2D eigenvalue weighted by molar-refractivity contribution is 0.0506. The van der Waals surface area contributed by atoms with Gasteiger partial charge in [-0.15, -0.1) is 0 Å². The molecular formula is C13H18N2O4. The number of rotatable bonds is 5. The first-order chi connectivity index (χ1) is 9.08. The molecule has 0 atom stereocenters. The average molecular weight is 266 g/mol. The van der Waals surface area contributed by atoms with Crippen LogP contribution in [-0.2, 0) is 16.0 Å². The number of nitrogens with one attached hydrogen (secondary N) is 1. The Kier molecular flexibility index (Phi) is 5.66. The fourth-order valence-electron chi connectivity index (χ4n) is 1.41. The van der Waals surface area contributed by atoms with Gasteiger partial charge in [0.1, 0.15) is 0 Å². The number of carbonyl (C=O) groups excluding carboxylic acids is 2. The Balaban J connectivity index is 2.76. The monoisotopic (exact) mass is 266 g/mol. The minimum absolute atomic E-state index is 0.251. The van der Waals surface area contributed by atoms with E-state index >= 15 is 0 Å². The third-order valence-corrected chi connectivity index (χ3v) is 2.40. The zero-order valence-corrected chi connectivity index (χ0v) is 11.1. The van der Waals surface area contributed by atoms with Crippen molar-refractivity contribution < 1.29 is 19.1 Å². The highest BCUT2D eigenvalue weighted by Gasteiger charge is 2.12. The van der Waals surface area contributed by atoms with E-state index in [-0.39, 0.29) is 6.54 Å². The molecule has 0 aliphatic heterocycles. The second-order valence-electron chi connectivity index (χ2n) is 3.90. The molecule has 104 valence electrons. The van der Waals surface area contributed by atoms with Crippen LogP contribution in [0.15, 0.2) is 18.2 Å². The number of nitrogen functional groups attached to an aromatic ring is 1.